The lowest BCUT2D eigenvalue weighted by Crippen LogP contribution is -2.40. The molecule has 1 aliphatic heterocycles. The SMILES string of the molecule is CC1CC(C)CN(c2ncc([N+](=O)[O-])cc2C(=O)O)C1. The van der Waals surface area contributed by atoms with Crippen LogP contribution >= 0.6 is 0 Å². The summed E-state index contributed by atoms with van der Waals surface area (Å²) in [6.45, 7) is 5.65. The summed E-state index contributed by atoms with van der Waals surface area (Å²) in [5.74, 6) is 0.0124. The lowest BCUT2D eigenvalue weighted by molar-refractivity contribution is -0.385. The Morgan fingerprint density at radius 2 is 2.05 bits per heavy atom. The Morgan fingerprint density at radius 1 is 1.45 bits per heavy atom. The van der Waals surface area contributed by atoms with E-state index in [1.165, 1.54) is 0 Å². The fourth-order valence-electron chi connectivity index (χ4n) is 2.79. The van der Waals surface area contributed by atoms with E-state index in [9.17, 15) is 20.0 Å². The van der Waals surface area contributed by atoms with Crippen molar-refractivity contribution in [3.05, 3.63) is 27.9 Å². The normalized spacial score (nSPS) is 22.6. The Hall–Kier alpha value is -2.18. The van der Waals surface area contributed by atoms with Gasteiger partial charge in [-0.1, -0.05) is 13.8 Å². The van der Waals surface area contributed by atoms with Gasteiger partial charge in [0.25, 0.3) is 5.69 Å². The molecule has 2 atom stereocenters. The van der Waals surface area contributed by atoms with E-state index in [0.717, 1.165) is 31.8 Å². The summed E-state index contributed by atoms with van der Waals surface area (Å²) < 4.78 is 0. The smallest absolute Gasteiger partial charge is 0.339 e. The lowest BCUT2D eigenvalue weighted by atomic mass is 9.91. The Balaban J connectivity index is 2.40. The standard InChI is InChI=1S/C13H17N3O4/c1-8-3-9(2)7-15(6-8)12-11(13(17)18)4-10(5-14-12)16(19)20/h4-5,8-9H,3,6-7H2,1-2H3,(H,17,18). The van der Waals surface area contributed by atoms with Crippen LogP contribution in [0, 0.1) is 22.0 Å². The number of nitrogens with zero attached hydrogens (tertiary/aromatic N) is 3. The number of rotatable bonds is 3. The zero-order valence-electron chi connectivity index (χ0n) is 11.4. The number of hydrogen-bond acceptors (Lipinski definition) is 5. The summed E-state index contributed by atoms with van der Waals surface area (Å²) in [6, 6.07) is 1.08. The molecule has 0 amide bonds. The number of nitro groups is 1. The number of pyridine rings is 1. The van der Waals surface area contributed by atoms with Gasteiger partial charge in [-0.2, -0.15) is 0 Å². The van der Waals surface area contributed by atoms with Crippen molar-refractivity contribution in [1.82, 2.24) is 4.98 Å². The first-order valence-corrected chi connectivity index (χ1v) is 6.51. The van der Waals surface area contributed by atoms with Crippen molar-refractivity contribution in [2.75, 3.05) is 18.0 Å². The summed E-state index contributed by atoms with van der Waals surface area (Å²) in [6.07, 6.45) is 2.21. The van der Waals surface area contributed by atoms with Crippen molar-refractivity contribution in [1.29, 1.82) is 0 Å². The molecular weight excluding hydrogens is 262 g/mol. The van der Waals surface area contributed by atoms with Gasteiger partial charge >= 0.3 is 5.97 Å². The number of carboxylic acid groups (broad SMARTS) is 1. The van der Waals surface area contributed by atoms with Crippen molar-refractivity contribution in [2.45, 2.75) is 20.3 Å². The quantitative estimate of drug-likeness (QED) is 0.672. The average Bonchev–Trinajstić information content (AvgIpc) is 2.36. The van der Waals surface area contributed by atoms with Crippen LogP contribution in [0.15, 0.2) is 12.3 Å². The largest absolute Gasteiger partial charge is 0.478 e. The molecule has 1 fully saturated rings. The second-order valence-electron chi connectivity index (χ2n) is 5.48. The fourth-order valence-corrected chi connectivity index (χ4v) is 2.79. The maximum absolute atomic E-state index is 11.3. The van der Waals surface area contributed by atoms with Gasteiger partial charge < -0.3 is 10.0 Å². The van der Waals surface area contributed by atoms with Crippen LogP contribution in [-0.4, -0.2) is 34.1 Å². The molecule has 2 unspecified atom stereocenters. The second-order valence-corrected chi connectivity index (χ2v) is 5.48. The highest BCUT2D eigenvalue weighted by atomic mass is 16.6. The Morgan fingerprint density at radius 3 is 2.55 bits per heavy atom. The van der Waals surface area contributed by atoms with E-state index in [0.29, 0.717) is 17.7 Å². The van der Waals surface area contributed by atoms with Gasteiger partial charge in [0.1, 0.15) is 17.6 Å². The topological polar surface area (TPSA) is 96.6 Å². The van der Waals surface area contributed by atoms with Crippen LogP contribution in [0.3, 0.4) is 0 Å². The first kappa shape index (κ1) is 14.2. The molecule has 1 N–H and O–H groups in total. The molecule has 108 valence electrons. The van der Waals surface area contributed by atoms with Crippen molar-refractivity contribution in [3.63, 3.8) is 0 Å². The van der Waals surface area contributed by atoms with Crippen LogP contribution in [0.25, 0.3) is 0 Å². The zero-order chi connectivity index (χ0) is 14.9. The molecule has 1 aliphatic rings. The summed E-state index contributed by atoms with van der Waals surface area (Å²) >= 11 is 0. The number of hydrogen-bond donors (Lipinski definition) is 1. The number of carbonyl (C=O) groups is 1. The Kier molecular flexibility index (Phi) is 3.87. The molecular formula is C13H17N3O4. The van der Waals surface area contributed by atoms with Gasteiger partial charge in [-0.05, 0) is 18.3 Å². The number of anilines is 1. The third-order valence-corrected chi connectivity index (χ3v) is 3.46. The van der Waals surface area contributed by atoms with E-state index in [-0.39, 0.29) is 11.3 Å². The predicted octanol–water partition coefficient (Wildman–Crippen LogP) is 2.17. The van der Waals surface area contributed by atoms with Gasteiger partial charge in [0.15, 0.2) is 0 Å². The minimum absolute atomic E-state index is 0.111. The van der Waals surface area contributed by atoms with Crippen LogP contribution in [0.2, 0.25) is 0 Å². The van der Waals surface area contributed by atoms with E-state index in [2.05, 4.69) is 18.8 Å². The number of carboxylic acids is 1. The first-order valence-electron chi connectivity index (χ1n) is 6.51. The molecule has 0 spiro atoms. The third kappa shape index (κ3) is 2.87. The third-order valence-electron chi connectivity index (χ3n) is 3.46. The molecule has 1 aromatic rings. The molecule has 20 heavy (non-hydrogen) atoms. The number of aromatic carboxylic acids is 1. The van der Waals surface area contributed by atoms with Crippen LogP contribution < -0.4 is 4.90 Å². The predicted molar refractivity (Wildman–Crippen MR) is 73.0 cm³/mol. The van der Waals surface area contributed by atoms with Gasteiger partial charge in [0.05, 0.1) is 4.92 Å². The summed E-state index contributed by atoms with van der Waals surface area (Å²) in [7, 11) is 0. The van der Waals surface area contributed by atoms with Crippen LogP contribution in [0.4, 0.5) is 11.5 Å². The van der Waals surface area contributed by atoms with Crippen molar-refractivity contribution < 1.29 is 14.8 Å². The van der Waals surface area contributed by atoms with E-state index < -0.39 is 10.9 Å². The Bertz CT molecular complexity index is 536. The van der Waals surface area contributed by atoms with Gasteiger partial charge in [0.2, 0.25) is 0 Å². The highest BCUT2D eigenvalue weighted by molar-refractivity contribution is 5.94. The maximum Gasteiger partial charge on any atom is 0.339 e. The highest BCUT2D eigenvalue weighted by Gasteiger charge is 2.27. The molecule has 2 rings (SSSR count). The molecule has 0 saturated carbocycles. The molecule has 0 aromatic carbocycles. The van der Waals surface area contributed by atoms with E-state index in [1.807, 2.05) is 4.90 Å². The molecule has 7 nitrogen and oxygen atoms in total. The second kappa shape index (κ2) is 5.44. The molecule has 0 radical (unpaired) electrons. The summed E-state index contributed by atoms with van der Waals surface area (Å²) in [5.41, 5.74) is -0.412. The van der Waals surface area contributed by atoms with Crippen LogP contribution in [-0.2, 0) is 0 Å². The molecule has 0 bridgehead atoms. The summed E-state index contributed by atoms with van der Waals surface area (Å²) in [5, 5.41) is 20.0. The highest BCUT2D eigenvalue weighted by Crippen LogP contribution is 2.29. The van der Waals surface area contributed by atoms with Gasteiger partial charge in [0, 0.05) is 19.2 Å². The molecule has 1 saturated heterocycles. The average molecular weight is 279 g/mol. The van der Waals surface area contributed by atoms with Crippen molar-refractivity contribution >= 4 is 17.5 Å². The van der Waals surface area contributed by atoms with E-state index in [4.69, 9.17) is 0 Å². The minimum Gasteiger partial charge on any atom is -0.478 e. The van der Waals surface area contributed by atoms with Gasteiger partial charge in [-0.3, -0.25) is 10.1 Å². The minimum atomic E-state index is -1.19. The number of piperidine rings is 1. The van der Waals surface area contributed by atoms with Crippen LogP contribution in [0.5, 0.6) is 0 Å². The number of aromatic nitrogens is 1. The summed E-state index contributed by atoms with van der Waals surface area (Å²) in [4.78, 5) is 27.3. The maximum atomic E-state index is 11.3. The molecule has 0 aliphatic carbocycles. The van der Waals surface area contributed by atoms with E-state index >= 15 is 0 Å². The molecule has 1 aromatic heterocycles. The molecule has 7 heteroatoms. The van der Waals surface area contributed by atoms with Crippen molar-refractivity contribution in [2.24, 2.45) is 11.8 Å². The lowest BCUT2D eigenvalue weighted by Gasteiger charge is -2.36. The first-order chi connectivity index (χ1) is 9.38. The van der Waals surface area contributed by atoms with Gasteiger partial charge in [-0.25, -0.2) is 9.78 Å². The van der Waals surface area contributed by atoms with Gasteiger partial charge in [-0.15, -0.1) is 0 Å². The fraction of sp³-hybridized carbons (Fsp3) is 0.538. The van der Waals surface area contributed by atoms with Crippen LogP contribution in [0.1, 0.15) is 30.6 Å². The monoisotopic (exact) mass is 279 g/mol. The zero-order valence-corrected chi connectivity index (χ0v) is 11.4. The van der Waals surface area contributed by atoms with Crippen molar-refractivity contribution in [3.8, 4) is 0 Å². The Labute approximate surface area is 116 Å². The van der Waals surface area contributed by atoms with E-state index in [1.54, 1.807) is 0 Å². The molecule has 2 heterocycles.